The van der Waals surface area contributed by atoms with E-state index in [-0.39, 0.29) is 59.6 Å². The maximum atomic E-state index is 13.6. The Kier molecular flexibility index (Phi) is 7.59. The van der Waals surface area contributed by atoms with Crippen molar-refractivity contribution in [1.82, 2.24) is 19.3 Å². The van der Waals surface area contributed by atoms with Gasteiger partial charge in [-0.05, 0) is 24.3 Å². The van der Waals surface area contributed by atoms with Crippen molar-refractivity contribution in [3.8, 4) is 16.9 Å². The number of ether oxygens (including phenoxy) is 1. The van der Waals surface area contributed by atoms with E-state index in [1.165, 1.54) is 42.6 Å². The second-order valence-corrected chi connectivity index (χ2v) is 10.7. The molecule has 10 nitrogen and oxygen atoms in total. The molecule has 3 N–H and O–H groups in total. The number of nitrogens with two attached hydrogens (primary N) is 1. The second kappa shape index (κ2) is 10.4. The van der Waals surface area contributed by atoms with Gasteiger partial charge in [0.25, 0.3) is 5.60 Å². The Morgan fingerprint density at radius 2 is 1.57 bits per heavy atom. The lowest BCUT2D eigenvalue weighted by Gasteiger charge is -2.36. The van der Waals surface area contributed by atoms with E-state index in [4.69, 9.17) is 10.5 Å². The summed E-state index contributed by atoms with van der Waals surface area (Å²) in [6.45, 7) is -0.190. The van der Waals surface area contributed by atoms with Gasteiger partial charge in [-0.15, -0.1) is 0 Å². The third kappa shape index (κ3) is 5.23. The van der Waals surface area contributed by atoms with Gasteiger partial charge in [-0.25, -0.2) is 18.4 Å². The van der Waals surface area contributed by atoms with Gasteiger partial charge in [-0.3, -0.25) is 4.98 Å². The first-order chi connectivity index (χ1) is 18.6. The molecule has 0 aromatic carbocycles. The van der Waals surface area contributed by atoms with Crippen molar-refractivity contribution in [3.05, 3.63) is 54.6 Å². The molecule has 3 aromatic rings. The number of nitrogens with zero attached hydrogens (tertiary/aromatic N) is 5. The van der Waals surface area contributed by atoms with Crippen LogP contribution in [-0.2, 0) is 15.6 Å². The minimum atomic E-state index is -6.12. The molecule has 0 unspecified atom stereocenters. The normalized spacial score (nSPS) is 15.8. The van der Waals surface area contributed by atoms with Crippen LogP contribution < -0.4 is 15.4 Å². The second-order valence-electron chi connectivity index (χ2n) is 8.72. The van der Waals surface area contributed by atoms with Crippen LogP contribution in [0.3, 0.4) is 0 Å². The van der Waals surface area contributed by atoms with Crippen LogP contribution in [-0.4, -0.2) is 78.4 Å². The van der Waals surface area contributed by atoms with Crippen LogP contribution in [0.1, 0.15) is 5.56 Å². The van der Waals surface area contributed by atoms with Crippen molar-refractivity contribution in [2.75, 3.05) is 43.9 Å². The number of alkyl halides is 6. The number of nitrogen functional groups attached to an aromatic ring is 1. The van der Waals surface area contributed by atoms with Crippen molar-refractivity contribution in [2.45, 2.75) is 22.8 Å². The predicted molar refractivity (Wildman–Crippen MR) is 130 cm³/mol. The summed E-state index contributed by atoms with van der Waals surface area (Å²) in [5.74, 6) is 0.237. The largest absolute Gasteiger partial charge is 0.495 e. The first-order valence-electron chi connectivity index (χ1n) is 11.4. The lowest BCUT2D eigenvalue weighted by Crippen LogP contribution is -2.54. The third-order valence-electron chi connectivity index (χ3n) is 6.30. The molecule has 0 aliphatic carbocycles. The SMILES string of the molecule is COc1cncc(-c2cc(C(O)(C(F)(F)F)C(F)(F)F)cnc2N2CCN(S(=O)(=O)c3ccc(N)nc3)CC2)c1. The zero-order valence-corrected chi connectivity index (χ0v) is 21.4. The van der Waals surface area contributed by atoms with Gasteiger partial charge in [0.2, 0.25) is 10.0 Å². The van der Waals surface area contributed by atoms with Crippen molar-refractivity contribution in [3.63, 3.8) is 0 Å². The molecular weight excluding hydrogens is 570 g/mol. The summed E-state index contributed by atoms with van der Waals surface area (Å²) in [5.41, 5.74) is -1.40. The van der Waals surface area contributed by atoms with Crippen LogP contribution in [0.25, 0.3) is 11.1 Å². The number of sulfonamides is 1. The number of aromatic nitrogens is 3. The van der Waals surface area contributed by atoms with E-state index >= 15 is 0 Å². The van der Waals surface area contributed by atoms with Crippen molar-refractivity contribution in [2.24, 2.45) is 0 Å². The average molecular weight is 593 g/mol. The maximum Gasteiger partial charge on any atom is 0.430 e. The quantitative estimate of drug-likeness (QED) is 0.415. The molecule has 4 heterocycles. The van der Waals surface area contributed by atoms with Gasteiger partial charge in [0.05, 0.1) is 13.3 Å². The highest BCUT2D eigenvalue weighted by atomic mass is 32.2. The Morgan fingerprint density at radius 3 is 2.12 bits per heavy atom. The number of hydrogen-bond donors (Lipinski definition) is 2. The number of methoxy groups -OCH3 is 1. The fourth-order valence-corrected chi connectivity index (χ4v) is 5.49. The summed E-state index contributed by atoms with van der Waals surface area (Å²) in [5, 5.41) is 9.95. The molecule has 1 aliphatic heterocycles. The summed E-state index contributed by atoms with van der Waals surface area (Å²) in [6, 6.07) is 4.49. The fourth-order valence-electron chi connectivity index (χ4n) is 4.12. The van der Waals surface area contributed by atoms with Gasteiger partial charge >= 0.3 is 12.4 Å². The number of aliphatic hydroxyl groups is 1. The smallest absolute Gasteiger partial charge is 0.430 e. The molecule has 0 radical (unpaired) electrons. The maximum absolute atomic E-state index is 13.6. The van der Waals surface area contributed by atoms with Gasteiger partial charge in [0, 0.05) is 61.5 Å². The van der Waals surface area contributed by atoms with Crippen LogP contribution in [0, 0.1) is 0 Å². The van der Waals surface area contributed by atoms with Gasteiger partial charge in [-0.2, -0.15) is 30.6 Å². The Balaban J connectivity index is 1.74. The van der Waals surface area contributed by atoms with E-state index in [1.54, 1.807) is 0 Å². The zero-order chi connectivity index (χ0) is 29.5. The standard InChI is InChI=1S/C23H22F6N6O4S/c1-39-16-8-14(10-31-12-16)18-9-15(21(36,22(24,25)26)23(27,28)29)11-33-20(18)34-4-6-35(7-5-34)40(37,38)17-2-3-19(30)32-13-17/h2-3,8-13,36H,4-7H2,1H3,(H2,30,32). The molecule has 0 bridgehead atoms. The monoisotopic (exact) mass is 592 g/mol. The molecule has 0 spiro atoms. The Hall–Kier alpha value is -3.70. The van der Waals surface area contributed by atoms with E-state index in [1.807, 2.05) is 0 Å². The first-order valence-corrected chi connectivity index (χ1v) is 12.9. The molecule has 40 heavy (non-hydrogen) atoms. The van der Waals surface area contributed by atoms with Crippen molar-refractivity contribution >= 4 is 21.7 Å². The summed E-state index contributed by atoms with van der Waals surface area (Å²) in [4.78, 5) is 13.0. The topological polar surface area (TPSA) is 135 Å². The fraction of sp³-hybridized carbons (Fsp3) is 0.348. The van der Waals surface area contributed by atoms with Crippen molar-refractivity contribution in [1.29, 1.82) is 0 Å². The lowest BCUT2D eigenvalue weighted by atomic mass is 9.91. The Morgan fingerprint density at radius 1 is 0.925 bits per heavy atom. The Bertz CT molecular complexity index is 1460. The van der Waals surface area contributed by atoms with Gasteiger partial charge < -0.3 is 20.5 Å². The summed E-state index contributed by atoms with van der Waals surface area (Å²) >= 11 is 0. The molecule has 1 fully saturated rings. The van der Waals surface area contributed by atoms with Crippen LogP contribution in [0.15, 0.2) is 53.9 Å². The lowest BCUT2D eigenvalue weighted by molar-refractivity contribution is -0.376. The van der Waals surface area contributed by atoms with Gasteiger partial charge in [-0.1, -0.05) is 0 Å². The molecule has 0 atom stereocenters. The zero-order valence-electron chi connectivity index (χ0n) is 20.6. The van der Waals surface area contributed by atoms with Gasteiger partial charge in [0.15, 0.2) is 0 Å². The van der Waals surface area contributed by atoms with E-state index in [2.05, 4.69) is 15.0 Å². The predicted octanol–water partition coefficient (Wildman–Crippen LogP) is 2.95. The number of anilines is 2. The molecule has 0 saturated carbocycles. The summed E-state index contributed by atoms with van der Waals surface area (Å²) in [7, 11) is -2.67. The molecule has 4 rings (SSSR count). The van der Waals surface area contributed by atoms with Crippen LogP contribution in [0.4, 0.5) is 38.0 Å². The summed E-state index contributed by atoms with van der Waals surface area (Å²) < 4.78 is 114. The first kappa shape index (κ1) is 29.3. The van der Waals surface area contributed by atoms with Crippen LogP contribution in [0.5, 0.6) is 5.75 Å². The molecular formula is C23H22F6N6O4S. The van der Waals surface area contributed by atoms with E-state index in [0.717, 1.165) is 10.5 Å². The minimum Gasteiger partial charge on any atom is -0.495 e. The van der Waals surface area contributed by atoms with Crippen LogP contribution in [0.2, 0.25) is 0 Å². The summed E-state index contributed by atoms with van der Waals surface area (Å²) in [6.07, 6.45) is -8.37. The number of piperazine rings is 1. The highest BCUT2D eigenvalue weighted by Crippen LogP contribution is 2.51. The van der Waals surface area contributed by atoms with Gasteiger partial charge in [0.1, 0.15) is 22.3 Å². The van der Waals surface area contributed by atoms with E-state index in [9.17, 15) is 39.9 Å². The number of halogens is 6. The average Bonchev–Trinajstić information content (AvgIpc) is 2.91. The molecule has 1 saturated heterocycles. The molecule has 1 aliphatic rings. The molecule has 17 heteroatoms. The number of pyridine rings is 3. The third-order valence-corrected chi connectivity index (χ3v) is 8.18. The number of hydrogen-bond acceptors (Lipinski definition) is 9. The molecule has 3 aromatic heterocycles. The van der Waals surface area contributed by atoms with Crippen LogP contribution >= 0.6 is 0 Å². The van der Waals surface area contributed by atoms with E-state index < -0.39 is 33.5 Å². The molecule has 0 amide bonds. The Labute approximate surface area is 224 Å². The van der Waals surface area contributed by atoms with E-state index in [0.29, 0.717) is 12.3 Å². The highest BCUT2D eigenvalue weighted by Gasteiger charge is 2.71. The highest BCUT2D eigenvalue weighted by molar-refractivity contribution is 7.89. The van der Waals surface area contributed by atoms with Crippen molar-refractivity contribution < 1.29 is 44.6 Å². The molecule has 216 valence electrons. The number of rotatable bonds is 6. The minimum absolute atomic E-state index is 0.0127.